The van der Waals surface area contributed by atoms with Crippen LogP contribution in [0.15, 0.2) is 17.1 Å². The molecule has 0 atom stereocenters. The molecule has 1 N–H and O–H groups in total. The lowest BCUT2D eigenvalue weighted by Gasteiger charge is -2.36. The van der Waals surface area contributed by atoms with Gasteiger partial charge in [-0.05, 0) is 19.1 Å². The number of carbonyl (C=O) groups excluding carboxylic acids is 1. The topological polar surface area (TPSA) is 51.2 Å². The number of thiophene rings is 1. The molecule has 7 heteroatoms. The Balaban J connectivity index is 1.74. The minimum atomic E-state index is 0.196. The Morgan fingerprint density at radius 2 is 2.00 bits per heavy atom. The minimum absolute atomic E-state index is 0.196. The van der Waals surface area contributed by atoms with Crippen molar-refractivity contribution in [2.75, 3.05) is 53.9 Å². The number of guanidine groups is 1. The zero-order valence-electron chi connectivity index (χ0n) is 15.2. The summed E-state index contributed by atoms with van der Waals surface area (Å²) in [6.07, 6.45) is 0.595. The molecule has 0 aromatic carbocycles. The van der Waals surface area contributed by atoms with Gasteiger partial charge in [-0.25, -0.2) is 0 Å². The van der Waals surface area contributed by atoms with Crippen molar-refractivity contribution in [3.8, 4) is 0 Å². The fourth-order valence-electron chi connectivity index (χ4n) is 2.74. The van der Waals surface area contributed by atoms with E-state index >= 15 is 0 Å². The van der Waals surface area contributed by atoms with E-state index in [1.807, 2.05) is 32.5 Å². The van der Waals surface area contributed by atoms with Crippen molar-refractivity contribution in [3.63, 3.8) is 0 Å². The molecule has 0 radical (unpaired) electrons. The number of aliphatic imine (C=N–C) groups is 1. The molecule has 134 valence electrons. The zero-order chi connectivity index (χ0) is 17.5. The van der Waals surface area contributed by atoms with Crippen molar-refractivity contribution in [3.05, 3.63) is 21.9 Å². The van der Waals surface area contributed by atoms with Gasteiger partial charge in [-0.3, -0.25) is 14.7 Å². The van der Waals surface area contributed by atoms with Crippen LogP contribution in [0, 0.1) is 6.92 Å². The van der Waals surface area contributed by atoms with Gasteiger partial charge < -0.3 is 15.1 Å². The molecule has 1 aromatic heterocycles. The van der Waals surface area contributed by atoms with E-state index in [0.717, 1.165) is 45.2 Å². The van der Waals surface area contributed by atoms with E-state index in [1.54, 1.807) is 4.90 Å². The van der Waals surface area contributed by atoms with Crippen LogP contribution < -0.4 is 5.32 Å². The molecule has 2 rings (SSSR count). The smallest absolute Gasteiger partial charge is 0.223 e. The minimum Gasteiger partial charge on any atom is -0.351 e. The van der Waals surface area contributed by atoms with Crippen LogP contribution in [0.3, 0.4) is 0 Å². The first kappa shape index (κ1) is 18.7. The molecule has 1 saturated heterocycles. The summed E-state index contributed by atoms with van der Waals surface area (Å²) in [6, 6.07) is 4.32. The maximum atomic E-state index is 11.7. The molecule has 1 amide bonds. The van der Waals surface area contributed by atoms with Gasteiger partial charge in [0.2, 0.25) is 5.91 Å². The molecule has 0 unspecified atom stereocenters. The van der Waals surface area contributed by atoms with Crippen LogP contribution in [0.5, 0.6) is 0 Å². The van der Waals surface area contributed by atoms with E-state index < -0.39 is 0 Å². The van der Waals surface area contributed by atoms with Crippen LogP contribution in [0.4, 0.5) is 0 Å². The fourth-order valence-corrected chi connectivity index (χ4v) is 3.57. The molecule has 1 aromatic rings. The molecular weight excluding hydrogens is 322 g/mol. The van der Waals surface area contributed by atoms with E-state index in [2.05, 4.69) is 39.2 Å². The molecule has 2 heterocycles. The van der Waals surface area contributed by atoms with E-state index in [0.29, 0.717) is 6.42 Å². The summed E-state index contributed by atoms with van der Waals surface area (Å²) < 4.78 is 0. The van der Waals surface area contributed by atoms with E-state index in [4.69, 9.17) is 0 Å². The highest BCUT2D eigenvalue weighted by atomic mass is 32.1. The van der Waals surface area contributed by atoms with Crippen molar-refractivity contribution in [2.45, 2.75) is 19.9 Å². The maximum Gasteiger partial charge on any atom is 0.223 e. The molecule has 0 spiro atoms. The Morgan fingerprint density at radius 1 is 1.29 bits per heavy atom. The molecule has 0 bridgehead atoms. The normalized spacial score (nSPS) is 16.3. The Hall–Kier alpha value is -1.60. The molecule has 0 aliphatic carbocycles. The van der Waals surface area contributed by atoms with Gasteiger partial charge in [0.05, 0.1) is 6.54 Å². The monoisotopic (exact) mass is 351 g/mol. The summed E-state index contributed by atoms with van der Waals surface area (Å²) in [5, 5.41) is 3.46. The van der Waals surface area contributed by atoms with Gasteiger partial charge in [0.25, 0.3) is 0 Å². The summed E-state index contributed by atoms with van der Waals surface area (Å²) in [5.41, 5.74) is 0. The predicted octanol–water partition coefficient (Wildman–Crippen LogP) is 1.23. The number of hydrogen-bond acceptors (Lipinski definition) is 4. The van der Waals surface area contributed by atoms with Gasteiger partial charge in [-0.1, -0.05) is 0 Å². The quantitative estimate of drug-likeness (QED) is 0.640. The van der Waals surface area contributed by atoms with Gasteiger partial charge in [-0.15, -0.1) is 11.3 Å². The largest absolute Gasteiger partial charge is 0.351 e. The highest BCUT2D eigenvalue weighted by Gasteiger charge is 2.20. The third-order valence-electron chi connectivity index (χ3n) is 4.24. The third-order valence-corrected chi connectivity index (χ3v) is 5.24. The molecule has 24 heavy (non-hydrogen) atoms. The summed E-state index contributed by atoms with van der Waals surface area (Å²) >= 11 is 1.82. The molecule has 6 nitrogen and oxygen atoms in total. The second-order valence-electron chi connectivity index (χ2n) is 6.28. The molecule has 0 saturated carbocycles. The average Bonchev–Trinajstić information content (AvgIpc) is 2.99. The summed E-state index contributed by atoms with van der Waals surface area (Å²) in [5.74, 6) is 1.16. The van der Waals surface area contributed by atoms with Crippen molar-refractivity contribution < 1.29 is 4.79 Å². The summed E-state index contributed by atoms with van der Waals surface area (Å²) in [6.45, 7) is 7.62. The number of piperazine rings is 1. The lowest BCUT2D eigenvalue weighted by atomic mass is 10.3. The lowest BCUT2D eigenvalue weighted by Crippen LogP contribution is -2.52. The fraction of sp³-hybridized carbons (Fsp3) is 0.647. The Labute approximate surface area is 149 Å². The van der Waals surface area contributed by atoms with Crippen LogP contribution >= 0.6 is 11.3 Å². The first-order valence-electron chi connectivity index (χ1n) is 8.43. The van der Waals surface area contributed by atoms with Gasteiger partial charge in [0.15, 0.2) is 5.96 Å². The molecular formula is C17H29N5OS. The number of nitrogens with one attached hydrogen (secondary N) is 1. The Bertz CT molecular complexity index is 561. The highest BCUT2D eigenvalue weighted by Crippen LogP contribution is 2.14. The molecule has 1 fully saturated rings. The van der Waals surface area contributed by atoms with Crippen LogP contribution in [0.2, 0.25) is 0 Å². The first-order chi connectivity index (χ1) is 11.5. The van der Waals surface area contributed by atoms with Crippen molar-refractivity contribution in [1.29, 1.82) is 0 Å². The van der Waals surface area contributed by atoms with Crippen LogP contribution in [-0.2, 0) is 11.3 Å². The third kappa shape index (κ3) is 5.49. The highest BCUT2D eigenvalue weighted by molar-refractivity contribution is 7.11. The van der Waals surface area contributed by atoms with Crippen LogP contribution in [0.25, 0.3) is 0 Å². The number of amides is 1. The number of nitrogens with zero attached hydrogens (tertiary/aromatic N) is 4. The zero-order valence-corrected chi connectivity index (χ0v) is 16.0. The first-order valence-corrected chi connectivity index (χ1v) is 9.24. The van der Waals surface area contributed by atoms with E-state index in [1.165, 1.54) is 9.75 Å². The molecule has 1 aliphatic rings. The second-order valence-corrected chi connectivity index (χ2v) is 7.65. The lowest BCUT2D eigenvalue weighted by molar-refractivity contribution is -0.129. The SMILES string of the molecule is CN=C(NCc1ccc(C)s1)N1CCN(CCC(=O)N(C)C)CC1. The van der Waals surface area contributed by atoms with Gasteiger partial charge in [0.1, 0.15) is 0 Å². The summed E-state index contributed by atoms with van der Waals surface area (Å²) in [7, 11) is 5.46. The van der Waals surface area contributed by atoms with Gasteiger partial charge in [0, 0.05) is 70.0 Å². The Morgan fingerprint density at radius 3 is 2.54 bits per heavy atom. The standard InChI is InChI=1S/C17H29N5OS/c1-14-5-6-15(24-14)13-19-17(18-2)22-11-9-21(10-12-22)8-7-16(23)20(3)4/h5-6H,7-13H2,1-4H3,(H,18,19). The average molecular weight is 352 g/mol. The Kier molecular flexibility index (Phi) is 7.05. The predicted molar refractivity (Wildman–Crippen MR) is 101 cm³/mol. The van der Waals surface area contributed by atoms with E-state index in [-0.39, 0.29) is 5.91 Å². The number of rotatable bonds is 5. The second kappa shape index (κ2) is 9.03. The van der Waals surface area contributed by atoms with Gasteiger partial charge in [-0.2, -0.15) is 0 Å². The molecule has 1 aliphatic heterocycles. The number of carbonyl (C=O) groups is 1. The van der Waals surface area contributed by atoms with Crippen molar-refractivity contribution >= 4 is 23.2 Å². The summed E-state index contributed by atoms with van der Waals surface area (Å²) in [4.78, 5) is 25.1. The van der Waals surface area contributed by atoms with E-state index in [9.17, 15) is 4.79 Å². The maximum absolute atomic E-state index is 11.7. The van der Waals surface area contributed by atoms with Crippen molar-refractivity contribution in [2.24, 2.45) is 4.99 Å². The van der Waals surface area contributed by atoms with Gasteiger partial charge >= 0.3 is 0 Å². The van der Waals surface area contributed by atoms with Crippen LogP contribution in [-0.4, -0.2) is 80.4 Å². The van der Waals surface area contributed by atoms with Crippen LogP contribution in [0.1, 0.15) is 16.2 Å². The number of aryl methyl sites for hydroxylation is 1. The number of hydrogen-bond donors (Lipinski definition) is 1. The van der Waals surface area contributed by atoms with Crippen molar-refractivity contribution in [1.82, 2.24) is 20.0 Å².